The number of aromatic nitrogens is 2. The number of rotatable bonds is 8. The SMILES string of the molecule is CCOCc1nc(NN)cc(N(C)C(C)CC(C)C)n1. The van der Waals surface area contributed by atoms with Crippen molar-refractivity contribution in [1.29, 1.82) is 0 Å². The van der Waals surface area contributed by atoms with Crippen molar-refractivity contribution >= 4 is 11.6 Å². The molecule has 0 fully saturated rings. The van der Waals surface area contributed by atoms with Gasteiger partial charge in [0.2, 0.25) is 0 Å². The summed E-state index contributed by atoms with van der Waals surface area (Å²) in [6.45, 7) is 9.61. The highest BCUT2D eigenvalue weighted by Crippen LogP contribution is 2.19. The highest BCUT2D eigenvalue weighted by atomic mass is 16.5. The lowest BCUT2D eigenvalue weighted by molar-refractivity contribution is 0.128. The van der Waals surface area contributed by atoms with E-state index < -0.39 is 0 Å². The third-order valence-corrected chi connectivity index (χ3v) is 3.18. The average molecular weight is 281 g/mol. The van der Waals surface area contributed by atoms with Crippen LogP contribution in [0.25, 0.3) is 0 Å². The lowest BCUT2D eigenvalue weighted by Crippen LogP contribution is -2.31. The molecule has 0 aliphatic heterocycles. The quantitative estimate of drug-likeness (QED) is 0.562. The maximum Gasteiger partial charge on any atom is 0.158 e. The Bertz CT molecular complexity index is 411. The largest absolute Gasteiger partial charge is 0.374 e. The summed E-state index contributed by atoms with van der Waals surface area (Å²) in [6, 6.07) is 2.25. The number of hydrogen-bond acceptors (Lipinski definition) is 6. The smallest absolute Gasteiger partial charge is 0.158 e. The summed E-state index contributed by atoms with van der Waals surface area (Å²) in [7, 11) is 2.04. The fraction of sp³-hybridized carbons (Fsp3) is 0.714. The molecular weight excluding hydrogens is 254 g/mol. The summed E-state index contributed by atoms with van der Waals surface area (Å²) in [5, 5.41) is 0. The maximum atomic E-state index is 5.47. The van der Waals surface area contributed by atoms with Gasteiger partial charge in [0.1, 0.15) is 18.2 Å². The normalized spacial score (nSPS) is 12.6. The standard InChI is InChI=1S/C14H27N5O/c1-6-20-9-13-16-12(18-15)8-14(17-13)19(5)11(4)7-10(2)3/h8,10-11H,6-7,9,15H2,1-5H3,(H,16,17,18). The summed E-state index contributed by atoms with van der Waals surface area (Å²) in [5.41, 5.74) is 2.59. The van der Waals surface area contributed by atoms with Crippen molar-refractivity contribution in [3.05, 3.63) is 11.9 Å². The van der Waals surface area contributed by atoms with Crippen molar-refractivity contribution in [2.24, 2.45) is 11.8 Å². The van der Waals surface area contributed by atoms with Crippen molar-refractivity contribution < 1.29 is 4.74 Å². The summed E-state index contributed by atoms with van der Waals surface area (Å²) in [5.74, 6) is 8.22. The molecule has 0 radical (unpaired) electrons. The Morgan fingerprint density at radius 3 is 2.60 bits per heavy atom. The zero-order chi connectivity index (χ0) is 15.1. The highest BCUT2D eigenvalue weighted by molar-refractivity contribution is 5.48. The van der Waals surface area contributed by atoms with Crippen LogP contribution in [0.15, 0.2) is 6.07 Å². The predicted octanol–water partition coefficient (Wildman–Crippen LogP) is 2.17. The lowest BCUT2D eigenvalue weighted by atomic mass is 10.0. The summed E-state index contributed by atoms with van der Waals surface area (Å²) in [4.78, 5) is 11.0. The Kier molecular flexibility index (Phi) is 6.67. The van der Waals surface area contributed by atoms with Gasteiger partial charge in [0.25, 0.3) is 0 Å². The number of nitrogens with zero attached hydrogens (tertiary/aromatic N) is 3. The van der Waals surface area contributed by atoms with E-state index >= 15 is 0 Å². The molecule has 0 amide bonds. The van der Waals surface area contributed by atoms with Gasteiger partial charge >= 0.3 is 0 Å². The molecule has 6 heteroatoms. The Morgan fingerprint density at radius 2 is 2.05 bits per heavy atom. The molecule has 0 aliphatic rings. The second-order valence-corrected chi connectivity index (χ2v) is 5.40. The average Bonchev–Trinajstić information content (AvgIpc) is 2.43. The van der Waals surface area contributed by atoms with Gasteiger partial charge in [0.15, 0.2) is 5.82 Å². The van der Waals surface area contributed by atoms with Gasteiger partial charge in [0, 0.05) is 25.8 Å². The van der Waals surface area contributed by atoms with E-state index in [1.165, 1.54) is 0 Å². The van der Waals surface area contributed by atoms with Crippen LogP contribution in [-0.2, 0) is 11.3 Å². The van der Waals surface area contributed by atoms with Gasteiger partial charge in [0.05, 0.1) is 0 Å². The van der Waals surface area contributed by atoms with E-state index in [9.17, 15) is 0 Å². The number of anilines is 2. The summed E-state index contributed by atoms with van der Waals surface area (Å²) in [6.07, 6.45) is 1.10. The summed E-state index contributed by atoms with van der Waals surface area (Å²) >= 11 is 0. The number of nitrogen functional groups attached to an aromatic ring is 1. The first-order valence-corrected chi connectivity index (χ1v) is 7.13. The van der Waals surface area contributed by atoms with E-state index in [-0.39, 0.29) is 0 Å². The maximum absolute atomic E-state index is 5.47. The van der Waals surface area contributed by atoms with E-state index in [1.54, 1.807) is 0 Å². The van der Waals surface area contributed by atoms with Crippen molar-refractivity contribution in [3.8, 4) is 0 Å². The van der Waals surface area contributed by atoms with Crippen molar-refractivity contribution in [2.45, 2.75) is 46.8 Å². The van der Waals surface area contributed by atoms with Crippen molar-refractivity contribution in [2.75, 3.05) is 24.0 Å². The predicted molar refractivity (Wildman–Crippen MR) is 82.5 cm³/mol. The number of nitrogens with two attached hydrogens (primary N) is 1. The first-order chi connectivity index (χ1) is 9.47. The molecule has 6 nitrogen and oxygen atoms in total. The van der Waals surface area contributed by atoms with Crippen molar-refractivity contribution in [1.82, 2.24) is 9.97 Å². The van der Waals surface area contributed by atoms with E-state index in [4.69, 9.17) is 10.6 Å². The van der Waals surface area contributed by atoms with Crippen LogP contribution in [-0.4, -0.2) is 29.7 Å². The molecule has 1 unspecified atom stereocenters. The van der Waals surface area contributed by atoms with Crippen LogP contribution in [0.2, 0.25) is 0 Å². The monoisotopic (exact) mass is 281 g/mol. The van der Waals surface area contributed by atoms with Crippen LogP contribution in [0.1, 0.15) is 39.9 Å². The molecule has 1 aromatic rings. The van der Waals surface area contributed by atoms with Gasteiger partial charge in [-0.3, -0.25) is 0 Å². The molecular formula is C14H27N5O. The van der Waals surface area contributed by atoms with Crippen LogP contribution < -0.4 is 16.2 Å². The molecule has 0 saturated heterocycles. The van der Waals surface area contributed by atoms with Gasteiger partial charge in [-0.15, -0.1) is 0 Å². The Hall–Kier alpha value is -1.40. The molecule has 3 N–H and O–H groups in total. The minimum atomic E-state index is 0.394. The van der Waals surface area contributed by atoms with Gasteiger partial charge in [-0.05, 0) is 26.2 Å². The molecule has 0 aliphatic carbocycles. The fourth-order valence-electron chi connectivity index (χ4n) is 2.06. The van der Waals surface area contributed by atoms with Gasteiger partial charge in [-0.2, -0.15) is 0 Å². The lowest BCUT2D eigenvalue weighted by Gasteiger charge is -2.27. The molecule has 1 heterocycles. The summed E-state index contributed by atoms with van der Waals surface area (Å²) < 4.78 is 5.37. The third-order valence-electron chi connectivity index (χ3n) is 3.18. The Balaban J connectivity index is 2.91. The molecule has 1 rings (SSSR count). The second-order valence-electron chi connectivity index (χ2n) is 5.40. The first-order valence-electron chi connectivity index (χ1n) is 7.13. The van der Waals surface area contributed by atoms with Crippen molar-refractivity contribution in [3.63, 3.8) is 0 Å². The number of hydrogen-bond donors (Lipinski definition) is 2. The van der Waals surface area contributed by atoms with Crippen LogP contribution >= 0.6 is 0 Å². The molecule has 114 valence electrons. The topological polar surface area (TPSA) is 76.3 Å². The third kappa shape index (κ3) is 4.94. The highest BCUT2D eigenvalue weighted by Gasteiger charge is 2.15. The molecule has 1 atom stereocenters. The van der Waals surface area contributed by atoms with E-state index in [0.717, 1.165) is 12.2 Å². The van der Waals surface area contributed by atoms with Gasteiger partial charge in [-0.1, -0.05) is 13.8 Å². The molecule has 0 aromatic carbocycles. The molecule has 0 saturated carbocycles. The number of nitrogens with one attached hydrogen (secondary N) is 1. The molecule has 0 spiro atoms. The first kappa shape index (κ1) is 16.7. The molecule has 20 heavy (non-hydrogen) atoms. The molecule has 0 bridgehead atoms. The van der Waals surface area contributed by atoms with Crippen LogP contribution in [0.5, 0.6) is 0 Å². The second kappa shape index (κ2) is 8.01. The van der Waals surface area contributed by atoms with Gasteiger partial charge in [-0.25, -0.2) is 15.8 Å². The van der Waals surface area contributed by atoms with Crippen LogP contribution in [0.3, 0.4) is 0 Å². The number of ether oxygens (including phenoxy) is 1. The Labute approximate surface area is 121 Å². The van der Waals surface area contributed by atoms with E-state index in [1.807, 2.05) is 20.0 Å². The van der Waals surface area contributed by atoms with Gasteiger partial charge < -0.3 is 15.1 Å². The van der Waals surface area contributed by atoms with Crippen LogP contribution in [0.4, 0.5) is 11.6 Å². The minimum Gasteiger partial charge on any atom is -0.374 e. The zero-order valence-corrected chi connectivity index (χ0v) is 13.2. The Morgan fingerprint density at radius 1 is 1.35 bits per heavy atom. The minimum absolute atomic E-state index is 0.394. The fourth-order valence-corrected chi connectivity index (χ4v) is 2.06. The molecule has 1 aromatic heterocycles. The van der Waals surface area contributed by atoms with Crippen LogP contribution in [0, 0.1) is 5.92 Å². The van der Waals surface area contributed by atoms with E-state index in [0.29, 0.717) is 36.8 Å². The van der Waals surface area contributed by atoms with E-state index in [2.05, 4.69) is 41.1 Å². The zero-order valence-electron chi connectivity index (χ0n) is 13.2. The number of hydrazine groups is 1.